The highest BCUT2D eigenvalue weighted by atomic mass is 35.5. The van der Waals surface area contributed by atoms with Crippen LogP contribution in [0.3, 0.4) is 0 Å². The first-order valence-electron chi connectivity index (χ1n) is 6.57. The zero-order valence-corrected chi connectivity index (χ0v) is 12.7. The highest BCUT2D eigenvalue weighted by Crippen LogP contribution is 2.30. The lowest BCUT2D eigenvalue weighted by Gasteiger charge is -2.28. The number of nitrogens with zero attached hydrogens (tertiary/aromatic N) is 1. The Bertz CT molecular complexity index is 624. The van der Waals surface area contributed by atoms with E-state index in [2.05, 4.69) is 11.8 Å². The fraction of sp³-hybridized carbons (Fsp3) is 0.235. The summed E-state index contributed by atoms with van der Waals surface area (Å²) >= 11 is 6.26. The van der Waals surface area contributed by atoms with Gasteiger partial charge in [0, 0.05) is 23.3 Å². The van der Waals surface area contributed by atoms with E-state index in [1.165, 1.54) is 0 Å². The van der Waals surface area contributed by atoms with Crippen molar-refractivity contribution < 1.29 is 4.79 Å². The first kappa shape index (κ1) is 14.6. The predicted molar refractivity (Wildman–Crippen MR) is 84.8 cm³/mol. The normalized spacial score (nSPS) is 12.0. The van der Waals surface area contributed by atoms with E-state index in [1.807, 2.05) is 56.4 Å². The number of aryl methyl sites for hydroxylation is 1. The van der Waals surface area contributed by atoms with Crippen molar-refractivity contribution in [3.05, 3.63) is 64.2 Å². The van der Waals surface area contributed by atoms with Crippen molar-refractivity contribution in [2.24, 2.45) is 0 Å². The molecule has 3 heteroatoms. The smallest absolute Gasteiger partial charge is 0.150 e. The second kappa shape index (κ2) is 6.10. The lowest BCUT2D eigenvalue weighted by molar-refractivity contribution is 0.112. The number of halogens is 1. The zero-order valence-electron chi connectivity index (χ0n) is 11.9. The van der Waals surface area contributed by atoms with Crippen molar-refractivity contribution in [2.75, 3.05) is 11.9 Å². The topological polar surface area (TPSA) is 20.3 Å². The number of hydrogen-bond acceptors (Lipinski definition) is 2. The van der Waals surface area contributed by atoms with E-state index in [0.717, 1.165) is 33.7 Å². The second-order valence-electron chi connectivity index (χ2n) is 4.97. The largest absolute Gasteiger partial charge is 0.368 e. The minimum Gasteiger partial charge on any atom is -0.368 e. The van der Waals surface area contributed by atoms with Gasteiger partial charge in [-0.15, -0.1) is 0 Å². The fourth-order valence-corrected chi connectivity index (χ4v) is 2.55. The molecule has 0 saturated carbocycles. The molecule has 0 N–H and O–H groups in total. The summed E-state index contributed by atoms with van der Waals surface area (Å²) in [4.78, 5) is 13.0. The molecule has 2 aromatic rings. The predicted octanol–water partition coefficient (Wildman–Crippen LogP) is 4.66. The van der Waals surface area contributed by atoms with Gasteiger partial charge >= 0.3 is 0 Å². The van der Waals surface area contributed by atoms with Gasteiger partial charge in [-0.05, 0) is 49.2 Å². The fourth-order valence-electron chi connectivity index (χ4n) is 2.26. The van der Waals surface area contributed by atoms with Gasteiger partial charge in [0.1, 0.15) is 6.29 Å². The zero-order chi connectivity index (χ0) is 14.7. The van der Waals surface area contributed by atoms with Gasteiger partial charge in [-0.2, -0.15) is 0 Å². The standard InChI is InChI=1S/C17H18ClNO/c1-12-10-15(9-8-14(12)11-20)19(3)13(2)16-6-4-5-7-17(16)18/h4-11,13H,1-3H3. The molecule has 0 aliphatic heterocycles. The van der Waals surface area contributed by atoms with Gasteiger partial charge in [0.2, 0.25) is 0 Å². The Morgan fingerprint density at radius 2 is 1.90 bits per heavy atom. The third kappa shape index (κ3) is 2.86. The molecule has 1 unspecified atom stereocenters. The van der Waals surface area contributed by atoms with Gasteiger partial charge in [0.25, 0.3) is 0 Å². The molecule has 0 aliphatic rings. The van der Waals surface area contributed by atoms with Crippen molar-refractivity contribution in [1.82, 2.24) is 0 Å². The molecule has 2 nitrogen and oxygen atoms in total. The lowest BCUT2D eigenvalue weighted by atomic mass is 10.0. The van der Waals surface area contributed by atoms with Crippen LogP contribution in [0.15, 0.2) is 42.5 Å². The van der Waals surface area contributed by atoms with E-state index in [1.54, 1.807) is 0 Å². The summed E-state index contributed by atoms with van der Waals surface area (Å²) in [6.07, 6.45) is 0.886. The third-order valence-corrected chi connectivity index (χ3v) is 4.07. The van der Waals surface area contributed by atoms with Gasteiger partial charge < -0.3 is 4.90 Å². The van der Waals surface area contributed by atoms with E-state index in [-0.39, 0.29) is 6.04 Å². The number of anilines is 1. The first-order valence-corrected chi connectivity index (χ1v) is 6.95. The SMILES string of the molecule is Cc1cc(N(C)C(C)c2ccccc2Cl)ccc1C=O. The Kier molecular flexibility index (Phi) is 4.46. The molecule has 0 radical (unpaired) electrons. The third-order valence-electron chi connectivity index (χ3n) is 3.72. The van der Waals surface area contributed by atoms with Crippen LogP contribution in [0.1, 0.15) is 34.5 Å². The minimum atomic E-state index is 0.158. The molecule has 2 aromatic carbocycles. The summed E-state index contributed by atoms with van der Waals surface area (Å²) < 4.78 is 0. The molecule has 0 fully saturated rings. The Balaban J connectivity index is 2.31. The lowest BCUT2D eigenvalue weighted by Crippen LogP contribution is -2.22. The maximum atomic E-state index is 10.9. The average Bonchev–Trinajstić information content (AvgIpc) is 2.46. The quantitative estimate of drug-likeness (QED) is 0.762. The molecule has 1 atom stereocenters. The molecule has 0 spiro atoms. The number of carbonyl (C=O) groups excluding carboxylic acids is 1. The van der Waals surface area contributed by atoms with E-state index < -0.39 is 0 Å². The van der Waals surface area contributed by atoms with Gasteiger partial charge in [-0.3, -0.25) is 4.79 Å². The maximum absolute atomic E-state index is 10.9. The Labute approximate surface area is 125 Å². The highest BCUT2D eigenvalue weighted by molar-refractivity contribution is 6.31. The molecule has 0 bridgehead atoms. The number of carbonyl (C=O) groups is 1. The molecular weight excluding hydrogens is 270 g/mol. The van der Waals surface area contributed by atoms with Crippen molar-refractivity contribution in [1.29, 1.82) is 0 Å². The van der Waals surface area contributed by atoms with Gasteiger partial charge in [0.15, 0.2) is 0 Å². The van der Waals surface area contributed by atoms with Crippen LogP contribution in [0.4, 0.5) is 5.69 Å². The molecule has 0 aliphatic carbocycles. The highest BCUT2D eigenvalue weighted by Gasteiger charge is 2.15. The van der Waals surface area contributed by atoms with Crippen LogP contribution in [0.25, 0.3) is 0 Å². The van der Waals surface area contributed by atoms with E-state index in [0.29, 0.717) is 0 Å². The number of aldehydes is 1. The van der Waals surface area contributed by atoms with Crippen molar-refractivity contribution >= 4 is 23.6 Å². The van der Waals surface area contributed by atoms with Crippen molar-refractivity contribution in [2.45, 2.75) is 19.9 Å². The Morgan fingerprint density at radius 3 is 2.50 bits per heavy atom. The molecule has 0 heterocycles. The van der Waals surface area contributed by atoms with Gasteiger partial charge in [0.05, 0.1) is 6.04 Å². The van der Waals surface area contributed by atoms with E-state index >= 15 is 0 Å². The summed E-state index contributed by atoms with van der Waals surface area (Å²) in [7, 11) is 2.03. The summed E-state index contributed by atoms with van der Waals surface area (Å²) in [5, 5.41) is 0.771. The number of hydrogen-bond donors (Lipinski definition) is 0. The van der Waals surface area contributed by atoms with Crippen LogP contribution in [0.5, 0.6) is 0 Å². The Morgan fingerprint density at radius 1 is 1.20 bits per heavy atom. The molecule has 0 saturated heterocycles. The second-order valence-corrected chi connectivity index (χ2v) is 5.37. The van der Waals surface area contributed by atoms with Crippen LogP contribution in [-0.2, 0) is 0 Å². The summed E-state index contributed by atoms with van der Waals surface area (Å²) in [6, 6.07) is 13.9. The van der Waals surface area contributed by atoms with Gasteiger partial charge in [-0.1, -0.05) is 29.8 Å². The Hall–Kier alpha value is -1.80. The first-order chi connectivity index (χ1) is 9.54. The maximum Gasteiger partial charge on any atom is 0.150 e. The molecule has 0 amide bonds. The van der Waals surface area contributed by atoms with Crippen molar-refractivity contribution in [3.63, 3.8) is 0 Å². The summed E-state index contributed by atoms with van der Waals surface area (Å²) in [5.74, 6) is 0. The molecule has 2 rings (SSSR count). The minimum absolute atomic E-state index is 0.158. The molecular formula is C17H18ClNO. The number of benzene rings is 2. The monoisotopic (exact) mass is 287 g/mol. The van der Waals surface area contributed by atoms with Crippen LogP contribution >= 0.6 is 11.6 Å². The van der Waals surface area contributed by atoms with Crippen LogP contribution < -0.4 is 4.90 Å². The molecule has 0 aromatic heterocycles. The number of rotatable bonds is 4. The van der Waals surface area contributed by atoms with Crippen LogP contribution in [0, 0.1) is 6.92 Å². The van der Waals surface area contributed by atoms with Crippen LogP contribution in [0.2, 0.25) is 5.02 Å². The summed E-state index contributed by atoms with van der Waals surface area (Å²) in [5.41, 5.74) is 3.87. The van der Waals surface area contributed by atoms with Crippen LogP contribution in [-0.4, -0.2) is 13.3 Å². The average molecular weight is 288 g/mol. The molecule has 20 heavy (non-hydrogen) atoms. The van der Waals surface area contributed by atoms with Crippen molar-refractivity contribution in [3.8, 4) is 0 Å². The van der Waals surface area contributed by atoms with E-state index in [4.69, 9.17) is 11.6 Å². The molecule has 104 valence electrons. The van der Waals surface area contributed by atoms with Gasteiger partial charge in [-0.25, -0.2) is 0 Å². The van der Waals surface area contributed by atoms with E-state index in [9.17, 15) is 4.79 Å². The summed E-state index contributed by atoms with van der Waals surface area (Å²) in [6.45, 7) is 4.06.